The zero-order valence-corrected chi connectivity index (χ0v) is 17.2. The summed E-state index contributed by atoms with van der Waals surface area (Å²) in [6, 6.07) is 6.74. The standard InChI is InChI=1S/C22H31N3O4/c1-2-28-22(27)24-11-8-19(9-12-24)25-10-7-16-5-6-18(14-17(16)15-25)23-21(26)20-4-3-13-29-20/h5-6,14,19-20H,2-4,7-13,15H2,1H3,(H,23,26). The average molecular weight is 402 g/mol. The van der Waals surface area contributed by atoms with Crippen LogP contribution >= 0.6 is 0 Å². The number of amides is 2. The molecular formula is C22H31N3O4. The minimum Gasteiger partial charge on any atom is -0.450 e. The van der Waals surface area contributed by atoms with Gasteiger partial charge in [0, 0.05) is 44.5 Å². The molecule has 3 aliphatic heterocycles. The van der Waals surface area contributed by atoms with E-state index in [-0.39, 0.29) is 18.1 Å². The van der Waals surface area contributed by atoms with Gasteiger partial charge in [0.2, 0.25) is 0 Å². The second-order valence-electron chi connectivity index (χ2n) is 8.11. The zero-order chi connectivity index (χ0) is 20.2. The fourth-order valence-electron chi connectivity index (χ4n) is 4.60. The van der Waals surface area contributed by atoms with Crippen LogP contribution < -0.4 is 5.32 Å². The SMILES string of the molecule is CCOC(=O)N1CCC(N2CCc3ccc(NC(=O)C4CCCO4)cc3C2)CC1. The lowest BCUT2D eigenvalue weighted by atomic mass is 9.95. The van der Waals surface area contributed by atoms with Crippen molar-refractivity contribution in [1.82, 2.24) is 9.80 Å². The van der Waals surface area contributed by atoms with Crippen molar-refractivity contribution in [2.75, 3.05) is 38.2 Å². The highest BCUT2D eigenvalue weighted by molar-refractivity contribution is 5.94. The Balaban J connectivity index is 1.34. The van der Waals surface area contributed by atoms with Crippen LogP contribution in [0.2, 0.25) is 0 Å². The molecule has 2 fully saturated rings. The third-order valence-electron chi connectivity index (χ3n) is 6.24. The fourth-order valence-corrected chi connectivity index (χ4v) is 4.60. The highest BCUT2D eigenvalue weighted by Crippen LogP contribution is 2.27. The van der Waals surface area contributed by atoms with E-state index in [1.807, 2.05) is 17.9 Å². The van der Waals surface area contributed by atoms with Crippen LogP contribution in [0.25, 0.3) is 0 Å². The first-order chi connectivity index (χ1) is 14.1. The smallest absolute Gasteiger partial charge is 0.409 e. The predicted octanol–water partition coefficient (Wildman–Crippen LogP) is 2.78. The molecule has 0 aliphatic carbocycles. The number of piperidine rings is 1. The summed E-state index contributed by atoms with van der Waals surface area (Å²) in [5.41, 5.74) is 3.50. The van der Waals surface area contributed by atoms with Gasteiger partial charge >= 0.3 is 6.09 Å². The number of hydrogen-bond donors (Lipinski definition) is 1. The van der Waals surface area contributed by atoms with Gasteiger partial charge < -0.3 is 19.7 Å². The lowest BCUT2D eigenvalue weighted by Crippen LogP contribution is -2.48. The largest absolute Gasteiger partial charge is 0.450 e. The Labute approximate surface area is 172 Å². The van der Waals surface area contributed by atoms with Crippen molar-refractivity contribution in [2.24, 2.45) is 0 Å². The minimum absolute atomic E-state index is 0.0403. The fraction of sp³-hybridized carbons (Fsp3) is 0.636. The molecule has 7 heteroatoms. The van der Waals surface area contributed by atoms with E-state index < -0.39 is 0 Å². The van der Waals surface area contributed by atoms with Gasteiger partial charge in [0.25, 0.3) is 5.91 Å². The van der Waals surface area contributed by atoms with Crippen LogP contribution in [0.3, 0.4) is 0 Å². The van der Waals surface area contributed by atoms with E-state index in [2.05, 4.69) is 22.3 Å². The van der Waals surface area contributed by atoms with Crippen molar-refractivity contribution >= 4 is 17.7 Å². The van der Waals surface area contributed by atoms with E-state index >= 15 is 0 Å². The molecule has 0 saturated carbocycles. The summed E-state index contributed by atoms with van der Waals surface area (Å²) in [5.74, 6) is -0.0403. The summed E-state index contributed by atoms with van der Waals surface area (Å²) in [7, 11) is 0. The number of likely N-dealkylation sites (tertiary alicyclic amines) is 1. The van der Waals surface area contributed by atoms with Crippen molar-refractivity contribution in [3.8, 4) is 0 Å². The number of ether oxygens (including phenoxy) is 2. The molecule has 1 aromatic rings. The number of nitrogens with one attached hydrogen (secondary N) is 1. The van der Waals surface area contributed by atoms with Gasteiger partial charge in [-0.25, -0.2) is 4.79 Å². The van der Waals surface area contributed by atoms with Gasteiger partial charge in [0.1, 0.15) is 6.10 Å². The number of fused-ring (bicyclic) bond motifs is 1. The molecule has 0 bridgehead atoms. The highest BCUT2D eigenvalue weighted by Gasteiger charge is 2.30. The van der Waals surface area contributed by atoms with Crippen LogP contribution in [0.1, 0.15) is 43.7 Å². The number of anilines is 1. The normalized spacial score (nSPS) is 22.9. The third kappa shape index (κ3) is 4.73. The number of rotatable bonds is 4. The molecule has 1 N–H and O–H groups in total. The molecule has 0 aromatic heterocycles. The lowest BCUT2D eigenvalue weighted by Gasteiger charge is -2.40. The maximum Gasteiger partial charge on any atom is 0.409 e. The van der Waals surface area contributed by atoms with E-state index in [9.17, 15) is 9.59 Å². The van der Waals surface area contributed by atoms with Crippen LogP contribution in [-0.2, 0) is 27.2 Å². The molecule has 0 radical (unpaired) electrons. The molecule has 3 aliphatic rings. The van der Waals surface area contributed by atoms with Gasteiger partial charge in [-0.05, 0) is 62.3 Å². The number of benzene rings is 1. The molecule has 0 spiro atoms. The lowest BCUT2D eigenvalue weighted by molar-refractivity contribution is -0.124. The summed E-state index contributed by atoms with van der Waals surface area (Å²) >= 11 is 0. The second kappa shape index (κ2) is 9.13. The Bertz CT molecular complexity index is 740. The summed E-state index contributed by atoms with van der Waals surface area (Å²) < 4.78 is 10.6. The van der Waals surface area contributed by atoms with Crippen LogP contribution in [-0.4, -0.2) is 66.8 Å². The van der Waals surface area contributed by atoms with E-state index in [0.29, 0.717) is 19.3 Å². The molecule has 1 atom stereocenters. The number of carbonyl (C=O) groups excluding carboxylic acids is 2. The van der Waals surface area contributed by atoms with E-state index in [4.69, 9.17) is 9.47 Å². The number of carbonyl (C=O) groups is 2. The van der Waals surface area contributed by atoms with Gasteiger partial charge in [-0.1, -0.05) is 6.07 Å². The van der Waals surface area contributed by atoms with Crippen molar-refractivity contribution in [3.05, 3.63) is 29.3 Å². The summed E-state index contributed by atoms with van der Waals surface area (Å²) in [4.78, 5) is 28.6. The quantitative estimate of drug-likeness (QED) is 0.840. The molecular weight excluding hydrogens is 370 g/mol. The maximum absolute atomic E-state index is 12.3. The first kappa shape index (κ1) is 20.2. The topological polar surface area (TPSA) is 71.1 Å². The summed E-state index contributed by atoms with van der Waals surface area (Å²) in [6.45, 7) is 6.38. The second-order valence-corrected chi connectivity index (χ2v) is 8.11. The molecule has 1 unspecified atom stereocenters. The summed E-state index contributed by atoms with van der Waals surface area (Å²) in [5, 5.41) is 3.02. The van der Waals surface area contributed by atoms with Gasteiger partial charge in [0.15, 0.2) is 0 Å². The Morgan fingerprint density at radius 2 is 2.00 bits per heavy atom. The van der Waals surface area contributed by atoms with Gasteiger partial charge in [-0.3, -0.25) is 9.69 Å². The van der Waals surface area contributed by atoms with E-state index in [1.54, 1.807) is 0 Å². The molecule has 4 rings (SSSR count). The predicted molar refractivity (Wildman–Crippen MR) is 110 cm³/mol. The molecule has 2 saturated heterocycles. The first-order valence-corrected chi connectivity index (χ1v) is 10.8. The molecule has 1 aromatic carbocycles. The molecule has 29 heavy (non-hydrogen) atoms. The molecule has 158 valence electrons. The van der Waals surface area contributed by atoms with Gasteiger partial charge in [-0.2, -0.15) is 0 Å². The average Bonchev–Trinajstić information content (AvgIpc) is 3.29. The van der Waals surface area contributed by atoms with E-state index in [0.717, 1.165) is 64.0 Å². The Kier molecular flexibility index (Phi) is 6.35. The van der Waals surface area contributed by atoms with Crippen LogP contribution in [0.15, 0.2) is 18.2 Å². The Morgan fingerprint density at radius 1 is 1.17 bits per heavy atom. The van der Waals surface area contributed by atoms with E-state index in [1.165, 1.54) is 11.1 Å². The monoisotopic (exact) mass is 401 g/mol. The number of nitrogens with zero attached hydrogens (tertiary/aromatic N) is 2. The summed E-state index contributed by atoms with van der Waals surface area (Å²) in [6.07, 6.45) is 4.22. The van der Waals surface area contributed by atoms with Crippen LogP contribution in [0.5, 0.6) is 0 Å². The van der Waals surface area contributed by atoms with Crippen molar-refractivity contribution in [1.29, 1.82) is 0 Å². The Hall–Kier alpha value is -2.12. The van der Waals surface area contributed by atoms with Crippen molar-refractivity contribution in [2.45, 2.75) is 57.7 Å². The minimum atomic E-state index is -0.313. The first-order valence-electron chi connectivity index (χ1n) is 10.8. The molecule has 7 nitrogen and oxygen atoms in total. The third-order valence-corrected chi connectivity index (χ3v) is 6.24. The van der Waals surface area contributed by atoms with Crippen molar-refractivity contribution in [3.63, 3.8) is 0 Å². The van der Waals surface area contributed by atoms with Crippen LogP contribution in [0.4, 0.5) is 10.5 Å². The maximum atomic E-state index is 12.3. The molecule has 3 heterocycles. The van der Waals surface area contributed by atoms with Crippen LogP contribution in [0, 0.1) is 0 Å². The Morgan fingerprint density at radius 3 is 2.72 bits per heavy atom. The molecule has 2 amide bonds. The highest BCUT2D eigenvalue weighted by atomic mass is 16.6. The number of hydrogen-bond acceptors (Lipinski definition) is 5. The van der Waals surface area contributed by atoms with Gasteiger partial charge in [-0.15, -0.1) is 0 Å². The zero-order valence-electron chi connectivity index (χ0n) is 17.2. The van der Waals surface area contributed by atoms with Crippen molar-refractivity contribution < 1.29 is 19.1 Å². The van der Waals surface area contributed by atoms with Gasteiger partial charge in [0.05, 0.1) is 6.61 Å².